The van der Waals surface area contributed by atoms with Crippen molar-refractivity contribution in [2.24, 2.45) is 5.92 Å². The summed E-state index contributed by atoms with van der Waals surface area (Å²) in [5, 5.41) is 11.2. The van der Waals surface area contributed by atoms with E-state index in [0.717, 1.165) is 12.8 Å². The average Bonchev–Trinajstić information content (AvgIpc) is 2.15. The molecule has 4 nitrogen and oxygen atoms in total. The molecule has 0 saturated carbocycles. The van der Waals surface area contributed by atoms with Crippen LogP contribution in [0.1, 0.15) is 39.5 Å². The van der Waals surface area contributed by atoms with Crippen molar-refractivity contribution in [3.63, 3.8) is 0 Å². The minimum absolute atomic E-state index is 0.00190. The summed E-state index contributed by atoms with van der Waals surface area (Å²) in [6.45, 7) is 3.72. The smallest absolute Gasteiger partial charge is 0.303 e. The number of carboxylic acid groups (broad SMARTS) is 1. The second-order valence-electron chi connectivity index (χ2n) is 3.98. The maximum absolute atomic E-state index is 11.5. The summed E-state index contributed by atoms with van der Waals surface area (Å²) >= 11 is 0. The lowest BCUT2D eigenvalue weighted by atomic mass is 10.0. The second-order valence-corrected chi connectivity index (χ2v) is 3.98. The Hall–Kier alpha value is -1.50. The molecule has 0 radical (unpaired) electrons. The van der Waals surface area contributed by atoms with Crippen molar-refractivity contribution in [3.8, 4) is 12.3 Å². The molecule has 4 heteroatoms. The molecular formula is C12H19NO3. The van der Waals surface area contributed by atoms with Gasteiger partial charge in [0.2, 0.25) is 5.91 Å². The van der Waals surface area contributed by atoms with E-state index in [-0.39, 0.29) is 30.7 Å². The van der Waals surface area contributed by atoms with Crippen molar-refractivity contribution in [1.82, 2.24) is 5.32 Å². The highest BCUT2D eigenvalue weighted by Crippen LogP contribution is 2.07. The number of amides is 1. The van der Waals surface area contributed by atoms with E-state index in [1.54, 1.807) is 6.92 Å². The Bertz CT molecular complexity index is 280. The van der Waals surface area contributed by atoms with Gasteiger partial charge in [-0.1, -0.05) is 26.2 Å². The minimum Gasteiger partial charge on any atom is -0.481 e. The molecular weight excluding hydrogens is 206 g/mol. The third-order valence-corrected chi connectivity index (χ3v) is 2.17. The maximum Gasteiger partial charge on any atom is 0.303 e. The maximum atomic E-state index is 11.5. The Morgan fingerprint density at radius 1 is 1.44 bits per heavy atom. The first-order valence-electron chi connectivity index (χ1n) is 5.46. The molecule has 0 rings (SSSR count). The van der Waals surface area contributed by atoms with Crippen molar-refractivity contribution in [2.75, 3.05) is 0 Å². The molecule has 0 aliphatic carbocycles. The molecule has 0 heterocycles. The predicted molar refractivity (Wildman–Crippen MR) is 61.7 cm³/mol. The molecule has 0 aromatic heterocycles. The number of carboxylic acids is 1. The summed E-state index contributed by atoms with van der Waals surface area (Å²) in [5.74, 6) is 1.27. The van der Waals surface area contributed by atoms with Crippen molar-refractivity contribution < 1.29 is 14.7 Å². The van der Waals surface area contributed by atoms with Gasteiger partial charge in [-0.25, -0.2) is 0 Å². The number of hydrogen-bond acceptors (Lipinski definition) is 2. The molecule has 0 aliphatic heterocycles. The summed E-state index contributed by atoms with van der Waals surface area (Å²) in [7, 11) is 0. The van der Waals surface area contributed by atoms with Crippen LogP contribution in [0.25, 0.3) is 0 Å². The Labute approximate surface area is 96.4 Å². The van der Waals surface area contributed by atoms with E-state index in [1.165, 1.54) is 0 Å². The van der Waals surface area contributed by atoms with Gasteiger partial charge >= 0.3 is 5.97 Å². The number of nitrogens with one attached hydrogen (secondary N) is 1. The number of carbonyl (C=O) groups excluding carboxylic acids is 1. The van der Waals surface area contributed by atoms with Gasteiger partial charge in [0.1, 0.15) is 0 Å². The monoisotopic (exact) mass is 225 g/mol. The van der Waals surface area contributed by atoms with Crippen molar-refractivity contribution >= 4 is 11.9 Å². The molecule has 0 aromatic carbocycles. The third-order valence-electron chi connectivity index (χ3n) is 2.17. The lowest BCUT2D eigenvalue weighted by Gasteiger charge is -2.14. The highest BCUT2D eigenvalue weighted by Gasteiger charge is 2.14. The molecule has 0 saturated heterocycles. The van der Waals surface area contributed by atoms with Crippen LogP contribution in [-0.4, -0.2) is 23.0 Å². The van der Waals surface area contributed by atoms with Crippen LogP contribution in [-0.2, 0) is 9.59 Å². The fraction of sp³-hybridized carbons (Fsp3) is 0.667. The Morgan fingerprint density at radius 2 is 2.06 bits per heavy atom. The molecule has 0 aromatic rings. The van der Waals surface area contributed by atoms with Crippen molar-refractivity contribution in [1.29, 1.82) is 0 Å². The summed E-state index contributed by atoms with van der Waals surface area (Å²) in [6, 6.07) is -0.241. The quantitative estimate of drug-likeness (QED) is 0.644. The van der Waals surface area contributed by atoms with Gasteiger partial charge in [0.15, 0.2) is 0 Å². The second kappa shape index (κ2) is 7.75. The summed E-state index contributed by atoms with van der Waals surface area (Å²) in [6.07, 6.45) is 7.11. The molecule has 2 unspecified atom stereocenters. The topological polar surface area (TPSA) is 66.4 Å². The standard InChI is InChI=1S/C12H19NO3/c1-4-6-10(5-2)13-11(14)7-9(3)8-12(15)16/h2,9-10H,4,6-8H2,1,3H3,(H,13,14)(H,15,16). The van der Waals surface area contributed by atoms with E-state index < -0.39 is 5.97 Å². The van der Waals surface area contributed by atoms with Crippen LogP contribution in [0.3, 0.4) is 0 Å². The lowest BCUT2D eigenvalue weighted by Crippen LogP contribution is -2.34. The largest absolute Gasteiger partial charge is 0.481 e. The van der Waals surface area contributed by atoms with Gasteiger partial charge in [-0.2, -0.15) is 0 Å². The zero-order valence-electron chi connectivity index (χ0n) is 9.82. The van der Waals surface area contributed by atoms with Crippen LogP contribution >= 0.6 is 0 Å². The summed E-state index contributed by atoms with van der Waals surface area (Å²) in [4.78, 5) is 21.9. The van der Waals surface area contributed by atoms with Gasteiger partial charge in [0.25, 0.3) is 0 Å². The molecule has 0 fully saturated rings. The number of carbonyl (C=O) groups is 2. The van der Waals surface area contributed by atoms with Crippen molar-refractivity contribution in [3.05, 3.63) is 0 Å². The van der Waals surface area contributed by atoms with Gasteiger partial charge in [-0.15, -0.1) is 6.42 Å². The highest BCUT2D eigenvalue weighted by molar-refractivity contribution is 5.77. The molecule has 0 aliphatic rings. The normalized spacial score (nSPS) is 13.6. The van der Waals surface area contributed by atoms with Crippen LogP contribution in [0.2, 0.25) is 0 Å². The molecule has 90 valence electrons. The SMILES string of the molecule is C#CC(CCC)NC(=O)CC(C)CC(=O)O. The first-order chi connectivity index (χ1) is 7.49. The Morgan fingerprint density at radius 3 is 2.50 bits per heavy atom. The Kier molecular flexibility index (Phi) is 7.02. The molecule has 1 amide bonds. The first-order valence-corrected chi connectivity index (χ1v) is 5.46. The van der Waals surface area contributed by atoms with E-state index in [0.29, 0.717) is 0 Å². The number of aliphatic carboxylic acids is 1. The van der Waals surface area contributed by atoms with Crippen LogP contribution in [0.5, 0.6) is 0 Å². The zero-order valence-corrected chi connectivity index (χ0v) is 9.82. The van der Waals surface area contributed by atoms with E-state index in [2.05, 4.69) is 11.2 Å². The van der Waals surface area contributed by atoms with Gasteiger partial charge in [0.05, 0.1) is 6.04 Å². The van der Waals surface area contributed by atoms with Crippen LogP contribution in [0, 0.1) is 18.3 Å². The number of terminal acetylenes is 1. The minimum atomic E-state index is -0.887. The van der Waals surface area contributed by atoms with Crippen LogP contribution in [0.15, 0.2) is 0 Å². The lowest BCUT2D eigenvalue weighted by molar-refractivity contribution is -0.138. The molecule has 0 bridgehead atoms. The molecule has 0 spiro atoms. The third kappa shape index (κ3) is 6.88. The average molecular weight is 225 g/mol. The predicted octanol–water partition coefficient (Wildman–Crippen LogP) is 1.41. The van der Waals surface area contributed by atoms with Crippen molar-refractivity contribution in [2.45, 2.75) is 45.6 Å². The number of rotatable bonds is 7. The summed E-state index contributed by atoms with van der Waals surface area (Å²) < 4.78 is 0. The molecule has 2 N–H and O–H groups in total. The number of hydrogen-bond donors (Lipinski definition) is 2. The van der Waals surface area contributed by atoms with Gasteiger partial charge in [-0.3, -0.25) is 9.59 Å². The van der Waals surface area contributed by atoms with Crippen LogP contribution < -0.4 is 5.32 Å². The van der Waals surface area contributed by atoms with Gasteiger partial charge in [-0.05, 0) is 12.3 Å². The van der Waals surface area contributed by atoms with Gasteiger partial charge in [0, 0.05) is 12.8 Å². The van der Waals surface area contributed by atoms with E-state index >= 15 is 0 Å². The fourth-order valence-corrected chi connectivity index (χ4v) is 1.43. The fourth-order valence-electron chi connectivity index (χ4n) is 1.43. The van der Waals surface area contributed by atoms with Gasteiger partial charge < -0.3 is 10.4 Å². The van der Waals surface area contributed by atoms with Crippen LogP contribution in [0.4, 0.5) is 0 Å². The van der Waals surface area contributed by atoms with E-state index in [9.17, 15) is 9.59 Å². The Balaban J connectivity index is 3.97. The molecule has 2 atom stereocenters. The highest BCUT2D eigenvalue weighted by atomic mass is 16.4. The zero-order chi connectivity index (χ0) is 12.6. The first kappa shape index (κ1) is 14.5. The van der Waals surface area contributed by atoms with E-state index in [4.69, 9.17) is 11.5 Å². The van der Waals surface area contributed by atoms with E-state index in [1.807, 2.05) is 6.92 Å². The summed E-state index contributed by atoms with van der Waals surface area (Å²) in [5.41, 5.74) is 0. The molecule has 16 heavy (non-hydrogen) atoms.